The average Bonchev–Trinajstić information content (AvgIpc) is 3.01. The minimum absolute atomic E-state index is 0.0606. The molecule has 7 nitrogen and oxygen atoms in total. The fourth-order valence-corrected chi connectivity index (χ4v) is 3.65. The van der Waals surface area contributed by atoms with Gasteiger partial charge in [-0.1, -0.05) is 47.5 Å². The normalized spacial score (nSPS) is 13.6. The first kappa shape index (κ1) is 20.6. The predicted octanol–water partition coefficient (Wildman–Crippen LogP) is 5.65. The molecule has 2 amide bonds. The molecule has 9 heteroatoms. The van der Waals surface area contributed by atoms with E-state index in [-0.39, 0.29) is 22.2 Å². The number of nitrogens with zero attached hydrogens (tertiary/aromatic N) is 1. The smallest absolute Gasteiger partial charge is 0.288 e. The number of nitrogens with one attached hydrogen (secondary N) is 2. The lowest BCUT2D eigenvalue weighted by atomic mass is 10.0. The van der Waals surface area contributed by atoms with Gasteiger partial charge in [-0.3, -0.25) is 19.7 Å². The Morgan fingerprint density at radius 1 is 1.03 bits per heavy atom. The molecule has 0 saturated carbocycles. The van der Waals surface area contributed by atoms with Crippen molar-refractivity contribution < 1.29 is 14.5 Å². The number of anilines is 2. The number of fused-ring (bicyclic) bond motifs is 1. The van der Waals surface area contributed by atoms with Crippen molar-refractivity contribution in [3.8, 4) is 0 Å². The largest absolute Gasteiger partial charge is 0.322 e. The highest BCUT2D eigenvalue weighted by molar-refractivity contribution is 6.37. The van der Waals surface area contributed by atoms with Gasteiger partial charge in [-0.2, -0.15) is 0 Å². The van der Waals surface area contributed by atoms with Crippen LogP contribution < -0.4 is 10.6 Å². The number of rotatable bonds is 4. The second-order valence-electron chi connectivity index (χ2n) is 6.68. The van der Waals surface area contributed by atoms with Crippen LogP contribution in [0.2, 0.25) is 10.0 Å². The van der Waals surface area contributed by atoms with Gasteiger partial charge in [-0.05, 0) is 42.0 Å². The number of amides is 2. The highest BCUT2D eigenvalue weighted by Crippen LogP contribution is 2.39. The zero-order valence-corrected chi connectivity index (χ0v) is 17.2. The lowest BCUT2D eigenvalue weighted by Crippen LogP contribution is -2.12. The van der Waals surface area contributed by atoms with Crippen LogP contribution in [0.4, 0.5) is 17.1 Å². The number of benzene rings is 3. The maximum atomic E-state index is 12.5. The van der Waals surface area contributed by atoms with E-state index >= 15 is 0 Å². The van der Waals surface area contributed by atoms with Crippen LogP contribution in [0.15, 0.2) is 60.7 Å². The summed E-state index contributed by atoms with van der Waals surface area (Å²) < 4.78 is 0. The van der Waals surface area contributed by atoms with E-state index in [1.54, 1.807) is 54.6 Å². The Morgan fingerprint density at radius 3 is 2.55 bits per heavy atom. The van der Waals surface area contributed by atoms with Crippen LogP contribution in [0.3, 0.4) is 0 Å². The molecule has 31 heavy (non-hydrogen) atoms. The van der Waals surface area contributed by atoms with Crippen LogP contribution in [-0.2, 0) is 4.79 Å². The third-order valence-corrected chi connectivity index (χ3v) is 5.27. The molecule has 0 aliphatic carbocycles. The van der Waals surface area contributed by atoms with Crippen LogP contribution in [0.5, 0.6) is 0 Å². The number of halogens is 2. The quantitative estimate of drug-likeness (QED) is 0.302. The molecule has 0 fully saturated rings. The fourth-order valence-electron chi connectivity index (χ4n) is 3.20. The summed E-state index contributed by atoms with van der Waals surface area (Å²) >= 11 is 12.0. The highest BCUT2D eigenvalue weighted by Gasteiger charge is 2.28. The van der Waals surface area contributed by atoms with E-state index in [0.717, 1.165) is 0 Å². The molecule has 3 aromatic carbocycles. The minimum Gasteiger partial charge on any atom is -0.322 e. The monoisotopic (exact) mass is 453 g/mol. The molecule has 4 rings (SSSR count). The molecule has 0 bridgehead atoms. The highest BCUT2D eigenvalue weighted by atomic mass is 35.5. The van der Waals surface area contributed by atoms with Gasteiger partial charge in [0.2, 0.25) is 0 Å². The summed E-state index contributed by atoms with van der Waals surface area (Å²) in [6.07, 6.45) is 1.59. The molecule has 0 unspecified atom stereocenters. The molecule has 0 saturated heterocycles. The first-order chi connectivity index (χ1) is 14.8. The number of hydrogen-bond donors (Lipinski definition) is 2. The maximum absolute atomic E-state index is 12.5. The summed E-state index contributed by atoms with van der Waals surface area (Å²) in [4.78, 5) is 35.5. The predicted molar refractivity (Wildman–Crippen MR) is 120 cm³/mol. The van der Waals surface area contributed by atoms with Crippen LogP contribution >= 0.6 is 23.2 Å². The van der Waals surface area contributed by atoms with Gasteiger partial charge in [0.25, 0.3) is 17.5 Å². The number of carbonyl (C=O) groups excluding carboxylic acids is 2. The van der Waals surface area contributed by atoms with E-state index in [2.05, 4.69) is 10.6 Å². The molecule has 1 aliphatic heterocycles. The summed E-state index contributed by atoms with van der Waals surface area (Å²) in [6.45, 7) is 0. The molecule has 0 spiro atoms. The van der Waals surface area contributed by atoms with Crippen molar-refractivity contribution in [3.63, 3.8) is 0 Å². The standard InChI is InChI=1S/C22H13Cl2N3O4/c23-17-7-2-1-6-14(17)21(28)25-13-5-3-4-12(8-13)9-16-15-10-20(27(30)31)18(24)11-19(15)26-22(16)29/h1-11H,(H,25,28)(H,26,29)/b16-9+. The number of carbonyl (C=O) groups is 2. The van der Waals surface area contributed by atoms with Crippen LogP contribution in [0.25, 0.3) is 11.6 Å². The van der Waals surface area contributed by atoms with Crippen LogP contribution in [-0.4, -0.2) is 16.7 Å². The van der Waals surface area contributed by atoms with Crippen LogP contribution in [0, 0.1) is 10.1 Å². The van der Waals surface area contributed by atoms with E-state index in [0.29, 0.717) is 33.1 Å². The fraction of sp³-hybridized carbons (Fsp3) is 0. The Hall–Kier alpha value is -3.68. The Balaban J connectivity index is 1.66. The van der Waals surface area contributed by atoms with E-state index in [9.17, 15) is 19.7 Å². The Kier molecular flexibility index (Phi) is 5.46. The summed E-state index contributed by atoms with van der Waals surface area (Å²) in [5.74, 6) is -0.776. The first-order valence-electron chi connectivity index (χ1n) is 9.01. The van der Waals surface area contributed by atoms with Crippen molar-refractivity contribution in [1.29, 1.82) is 0 Å². The van der Waals surface area contributed by atoms with Gasteiger partial charge in [-0.25, -0.2) is 0 Å². The Morgan fingerprint density at radius 2 is 1.81 bits per heavy atom. The summed E-state index contributed by atoms with van der Waals surface area (Å²) in [7, 11) is 0. The lowest BCUT2D eigenvalue weighted by molar-refractivity contribution is -0.384. The van der Waals surface area contributed by atoms with E-state index in [4.69, 9.17) is 23.2 Å². The van der Waals surface area contributed by atoms with Crippen molar-refractivity contribution in [3.05, 3.63) is 97.5 Å². The van der Waals surface area contributed by atoms with Crippen molar-refractivity contribution >= 4 is 63.7 Å². The topological polar surface area (TPSA) is 101 Å². The molecule has 0 radical (unpaired) electrons. The Labute approximate surface area is 186 Å². The number of nitro groups is 1. The zero-order chi connectivity index (χ0) is 22.1. The second-order valence-corrected chi connectivity index (χ2v) is 7.49. The summed E-state index contributed by atoms with van der Waals surface area (Å²) in [5, 5.41) is 16.9. The van der Waals surface area contributed by atoms with Gasteiger partial charge in [0.05, 0.1) is 21.2 Å². The molecule has 0 aromatic heterocycles. The average molecular weight is 454 g/mol. The molecular weight excluding hydrogens is 441 g/mol. The molecular formula is C22H13Cl2N3O4. The van der Waals surface area contributed by atoms with E-state index in [1.165, 1.54) is 12.1 Å². The lowest BCUT2D eigenvalue weighted by Gasteiger charge is -2.08. The molecule has 0 atom stereocenters. The maximum Gasteiger partial charge on any atom is 0.288 e. The molecule has 1 heterocycles. The third kappa shape index (κ3) is 4.14. The molecule has 2 N–H and O–H groups in total. The summed E-state index contributed by atoms with van der Waals surface area (Å²) in [6, 6.07) is 16.1. The molecule has 1 aliphatic rings. The number of hydrogen-bond acceptors (Lipinski definition) is 4. The van der Waals surface area contributed by atoms with Gasteiger partial charge in [-0.15, -0.1) is 0 Å². The van der Waals surface area contributed by atoms with Crippen molar-refractivity contribution in [2.75, 3.05) is 10.6 Å². The van der Waals surface area contributed by atoms with Gasteiger partial charge < -0.3 is 10.6 Å². The SMILES string of the molecule is O=C1Nc2cc(Cl)c([N+](=O)[O-])cc2/C1=C\c1cccc(NC(=O)c2ccccc2Cl)c1. The van der Waals surface area contributed by atoms with Crippen molar-refractivity contribution in [1.82, 2.24) is 0 Å². The molecule has 154 valence electrons. The zero-order valence-electron chi connectivity index (χ0n) is 15.7. The van der Waals surface area contributed by atoms with Crippen LogP contribution in [0.1, 0.15) is 21.5 Å². The van der Waals surface area contributed by atoms with Gasteiger partial charge in [0.15, 0.2) is 0 Å². The third-order valence-electron chi connectivity index (χ3n) is 4.64. The summed E-state index contributed by atoms with van der Waals surface area (Å²) in [5.41, 5.74) is 2.20. The first-order valence-corrected chi connectivity index (χ1v) is 9.76. The van der Waals surface area contributed by atoms with Crippen molar-refractivity contribution in [2.45, 2.75) is 0 Å². The van der Waals surface area contributed by atoms with Gasteiger partial charge in [0.1, 0.15) is 5.02 Å². The van der Waals surface area contributed by atoms with E-state index < -0.39 is 10.8 Å². The molecule has 3 aromatic rings. The Bertz CT molecular complexity index is 1290. The van der Waals surface area contributed by atoms with E-state index in [1.807, 2.05) is 0 Å². The number of nitro benzene ring substituents is 1. The second kappa shape index (κ2) is 8.22. The van der Waals surface area contributed by atoms with Crippen molar-refractivity contribution in [2.24, 2.45) is 0 Å². The van der Waals surface area contributed by atoms with Gasteiger partial charge >= 0.3 is 0 Å². The van der Waals surface area contributed by atoms with Gasteiger partial charge in [0, 0.05) is 22.9 Å². The minimum atomic E-state index is -0.603.